The number of aryl methyl sites for hydroxylation is 1. The summed E-state index contributed by atoms with van der Waals surface area (Å²) in [6.45, 7) is 3.15. The van der Waals surface area contributed by atoms with Crippen molar-refractivity contribution >= 4 is 27.3 Å². The number of hydrogen-bond donors (Lipinski definition) is 0. The topological polar surface area (TPSA) is 72.9 Å². The minimum atomic E-state index is -3.56. The molecule has 0 unspecified atom stereocenters. The predicted molar refractivity (Wildman–Crippen MR) is 70.0 cm³/mol. The van der Waals surface area contributed by atoms with E-state index in [0.29, 0.717) is 36.1 Å². The molecule has 0 N–H and O–H groups in total. The SMILES string of the molecule is COC(=O)c1cc(S(=O)(=O)N2CCOCC2)c(C)s1. The van der Waals surface area contributed by atoms with Crippen LogP contribution in [-0.2, 0) is 19.5 Å². The zero-order chi connectivity index (χ0) is 14.0. The van der Waals surface area contributed by atoms with E-state index in [9.17, 15) is 13.2 Å². The Bertz CT molecular complexity index is 572. The van der Waals surface area contributed by atoms with Gasteiger partial charge in [-0.2, -0.15) is 4.31 Å². The lowest BCUT2D eigenvalue weighted by Gasteiger charge is -2.25. The van der Waals surface area contributed by atoms with E-state index in [4.69, 9.17) is 4.74 Å². The first-order valence-electron chi connectivity index (χ1n) is 5.73. The van der Waals surface area contributed by atoms with Crippen molar-refractivity contribution in [3.63, 3.8) is 0 Å². The van der Waals surface area contributed by atoms with E-state index in [1.165, 1.54) is 17.5 Å². The van der Waals surface area contributed by atoms with Gasteiger partial charge < -0.3 is 9.47 Å². The molecule has 0 aliphatic carbocycles. The summed E-state index contributed by atoms with van der Waals surface area (Å²) in [5, 5.41) is 0. The second kappa shape index (κ2) is 5.58. The van der Waals surface area contributed by atoms with Crippen molar-refractivity contribution in [1.82, 2.24) is 4.31 Å². The molecule has 1 fully saturated rings. The van der Waals surface area contributed by atoms with Crippen molar-refractivity contribution < 1.29 is 22.7 Å². The molecule has 6 nitrogen and oxygen atoms in total. The van der Waals surface area contributed by atoms with Gasteiger partial charge in [0.15, 0.2) is 0 Å². The average Bonchev–Trinajstić information content (AvgIpc) is 2.81. The molecule has 0 amide bonds. The number of ether oxygens (including phenoxy) is 2. The van der Waals surface area contributed by atoms with Crippen LogP contribution in [-0.4, -0.2) is 52.1 Å². The number of carbonyl (C=O) groups excluding carboxylic acids is 1. The Kier molecular flexibility index (Phi) is 4.24. The fourth-order valence-electron chi connectivity index (χ4n) is 1.85. The molecule has 1 aliphatic heterocycles. The fourth-order valence-corrected chi connectivity index (χ4v) is 4.74. The number of carbonyl (C=O) groups is 1. The number of rotatable bonds is 3. The highest BCUT2D eigenvalue weighted by atomic mass is 32.2. The third-order valence-corrected chi connectivity index (χ3v) is 6.03. The summed E-state index contributed by atoms with van der Waals surface area (Å²) in [6.07, 6.45) is 0. The normalized spacial score (nSPS) is 17.4. The first kappa shape index (κ1) is 14.4. The van der Waals surface area contributed by atoms with Crippen molar-refractivity contribution in [2.45, 2.75) is 11.8 Å². The van der Waals surface area contributed by atoms with E-state index >= 15 is 0 Å². The molecule has 0 radical (unpaired) electrons. The van der Waals surface area contributed by atoms with Crippen molar-refractivity contribution in [3.05, 3.63) is 15.8 Å². The third kappa shape index (κ3) is 2.81. The molecular formula is C11H15NO5S2. The number of morpholine rings is 1. The number of sulfonamides is 1. The Labute approximate surface area is 116 Å². The molecular weight excluding hydrogens is 290 g/mol. The monoisotopic (exact) mass is 305 g/mol. The smallest absolute Gasteiger partial charge is 0.348 e. The summed E-state index contributed by atoms with van der Waals surface area (Å²) in [5.41, 5.74) is 0. The average molecular weight is 305 g/mol. The van der Waals surface area contributed by atoms with E-state index in [2.05, 4.69) is 4.74 Å². The standard InChI is InChI=1S/C11H15NO5S2/c1-8-10(7-9(18-8)11(13)16-2)19(14,15)12-3-5-17-6-4-12/h7H,3-6H2,1-2H3. The molecule has 1 aromatic heterocycles. The minimum Gasteiger partial charge on any atom is -0.465 e. The van der Waals surface area contributed by atoms with Crippen LogP contribution in [0.5, 0.6) is 0 Å². The van der Waals surface area contributed by atoms with Gasteiger partial charge >= 0.3 is 5.97 Å². The van der Waals surface area contributed by atoms with Crippen LogP contribution < -0.4 is 0 Å². The molecule has 2 heterocycles. The zero-order valence-corrected chi connectivity index (χ0v) is 12.3. The van der Waals surface area contributed by atoms with E-state index in [0.717, 1.165) is 11.3 Å². The van der Waals surface area contributed by atoms with Gasteiger partial charge in [-0.05, 0) is 13.0 Å². The maximum absolute atomic E-state index is 12.5. The van der Waals surface area contributed by atoms with Gasteiger partial charge in [0.05, 0.1) is 25.2 Å². The quantitative estimate of drug-likeness (QED) is 0.775. The second-order valence-electron chi connectivity index (χ2n) is 4.04. The largest absolute Gasteiger partial charge is 0.465 e. The molecule has 8 heteroatoms. The van der Waals surface area contributed by atoms with Crippen LogP contribution >= 0.6 is 11.3 Å². The highest BCUT2D eigenvalue weighted by Gasteiger charge is 2.30. The molecule has 0 bridgehead atoms. The Morgan fingerprint density at radius 3 is 2.63 bits per heavy atom. The first-order chi connectivity index (χ1) is 8.96. The molecule has 1 aromatic rings. The van der Waals surface area contributed by atoms with Crippen molar-refractivity contribution in [1.29, 1.82) is 0 Å². The lowest BCUT2D eigenvalue weighted by atomic mass is 10.4. The summed E-state index contributed by atoms with van der Waals surface area (Å²) in [6, 6.07) is 1.39. The molecule has 106 valence electrons. The molecule has 0 saturated carbocycles. The Balaban J connectivity index is 2.34. The minimum absolute atomic E-state index is 0.180. The van der Waals surface area contributed by atoms with E-state index in [-0.39, 0.29) is 4.90 Å². The van der Waals surface area contributed by atoms with Crippen LogP contribution in [0.15, 0.2) is 11.0 Å². The van der Waals surface area contributed by atoms with Gasteiger partial charge in [-0.3, -0.25) is 0 Å². The third-order valence-electron chi connectivity index (χ3n) is 2.85. The number of esters is 1. The fraction of sp³-hybridized carbons (Fsp3) is 0.545. The number of hydrogen-bond acceptors (Lipinski definition) is 6. The van der Waals surface area contributed by atoms with Crippen LogP contribution in [0.25, 0.3) is 0 Å². The molecule has 0 aromatic carbocycles. The van der Waals surface area contributed by atoms with Gasteiger partial charge in [-0.15, -0.1) is 11.3 Å². The number of methoxy groups -OCH3 is 1. The Morgan fingerprint density at radius 2 is 2.05 bits per heavy atom. The molecule has 0 spiro atoms. The molecule has 2 rings (SSSR count). The highest BCUT2D eigenvalue weighted by Crippen LogP contribution is 2.29. The number of nitrogens with zero attached hydrogens (tertiary/aromatic N) is 1. The molecule has 0 atom stereocenters. The van der Waals surface area contributed by atoms with Crippen molar-refractivity contribution in [3.8, 4) is 0 Å². The summed E-state index contributed by atoms with van der Waals surface area (Å²) in [7, 11) is -2.29. The van der Waals surface area contributed by atoms with Gasteiger partial charge in [-0.25, -0.2) is 13.2 Å². The van der Waals surface area contributed by atoms with Gasteiger partial charge in [0.2, 0.25) is 10.0 Å². The maximum Gasteiger partial charge on any atom is 0.348 e. The lowest BCUT2D eigenvalue weighted by molar-refractivity contribution is 0.0606. The zero-order valence-electron chi connectivity index (χ0n) is 10.7. The van der Waals surface area contributed by atoms with Crippen LogP contribution in [0.4, 0.5) is 0 Å². The van der Waals surface area contributed by atoms with E-state index in [1.807, 2.05) is 0 Å². The lowest BCUT2D eigenvalue weighted by Crippen LogP contribution is -2.40. The summed E-state index contributed by atoms with van der Waals surface area (Å²) in [5.74, 6) is -0.517. The van der Waals surface area contributed by atoms with Crippen molar-refractivity contribution in [2.24, 2.45) is 0 Å². The van der Waals surface area contributed by atoms with Gasteiger partial charge in [0.1, 0.15) is 4.88 Å². The van der Waals surface area contributed by atoms with E-state index < -0.39 is 16.0 Å². The first-order valence-corrected chi connectivity index (χ1v) is 7.99. The van der Waals surface area contributed by atoms with Crippen molar-refractivity contribution in [2.75, 3.05) is 33.4 Å². The van der Waals surface area contributed by atoms with Gasteiger partial charge in [0.25, 0.3) is 0 Å². The van der Waals surface area contributed by atoms with E-state index in [1.54, 1.807) is 6.92 Å². The Morgan fingerprint density at radius 1 is 1.42 bits per heavy atom. The molecule has 19 heavy (non-hydrogen) atoms. The maximum atomic E-state index is 12.5. The predicted octanol–water partition coefficient (Wildman–Crippen LogP) is 0.864. The summed E-state index contributed by atoms with van der Waals surface area (Å²) >= 11 is 1.13. The second-order valence-corrected chi connectivity index (χ2v) is 7.20. The number of thiophene rings is 1. The van der Waals surface area contributed by atoms with Crippen LogP contribution in [0.2, 0.25) is 0 Å². The van der Waals surface area contributed by atoms with Crippen LogP contribution in [0.1, 0.15) is 14.5 Å². The van der Waals surface area contributed by atoms with Crippen LogP contribution in [0.3, 0.4) is 0 Å². The van der Waals surface area contributed by atoms with Crippen LogP contribution in [0, 0.1) is 6.92 Å². The highest BCUT2D eigenvalue weighted by molar-refractivity contribution is 7.89. The molecule has 1 saturated heterocycles. The van der Waals surface area contributed by atoms with Gasteiger partial charge in [0, 0.05) is 18.0 Å². The van der Waals surface area contributed by atoms with Gasteiger partial charge in [-0.1, -0.05) is 0 Å². The summed E-state index contributed by atoms with van der Waals surface area (Å²) < 4.78 is 36.0. The molecule has 1 aliphatic rings. The Hall–Kier alpha value is -0.960. The summed E-state index contributed by atoms with van der Waals surface area (Å²) in [4.78, 5) is 12.5.